The number of benzene rings is 1. The monoisotopic (exact) mass is 304 g/mol. The minimum Gasteiger partial charge on any atom is -0.391 e. The SMILES string of the molecule is CC(NC(=O)c1cccc(Cl)n1)C(O)Cc1ccccc1. The number of carbonyl (C=O) groups excluding carboxylic acids is 1. The molecule has 4 nitrogen and oxygen atoms in total. The number of halogens is 1. The highest BCUT2D eigenvalue weighted by atomic mass is 35.5. The summed E-state index contributed by atoms with van der Waals surface area (Å²) in [6.07, 6.45) is -0.193. The summed E-state index contributed by atoms with van der Waals surface area (Å²) in [6.45, 7) is 1.76. The van der Waals surface area contributed by atoms with Crippen LogP contribution in [0.3, 0.4) is 0 Å². The maximum Gasteiger partial charge on any atom is 0.270 e. The summed E-state index contributed by atoms with van der Waals surface area (Å²) in [4.78, 5) is 16.0. The van der Waals surface area contributed by atoms with Crippen LogP contribution < -0.4 is 5.32 Å². The Labute approximate surface area is 128 Å². The van der Waals surface area contributed by atoms with Gasteiger partial charge in [0.1, 0.15) is 10.8 Å². The first-order valence-electron chi connectivity index (χ1n) is 6.71. The lowest BCUT2D eigenvalue weighted by atomic mass is 10.0. The van der Waals surface area contributed by atoms with Crippen LogP contribution in [0.2, 0.25) is 5.15 Å². The largest absolute Gasteiger partial charge is 0.391 e. The topological polar surface area (TPSA) is 62.2 Å². The van der Waals surface area contributed by atoms with Gasteiger partial charge in [0.05, 0.1) is 12.1 Å². The van der Waals surface area contributed by atoms with E-state index >= 15 is 0 Å². The molecule has 0 radical (unpaired) electrons. The lowest BCUT2D eigenvalue weighted by Gasteiger charge is -2.20. The maximum absolute atomic E-state index is 12.0. The molecule has 0 aliphatic heterocycles. The van der Waals surface area contributed by atoms with Crippen molar-refractivity contribution >= 4 is 17.5 Å². The number of aliphatic hydroxyl groups is 1. The third-order valence-corrected chi connectivity index (χ3v) is 3.38. The zero-order valence-electron chi connectivity index (χ0n) is 11.7. The van der Waals surface area contributed by atoms with Crippen molar-refractivity contribution in [2.45, 2.75) is 25.5 Å². The Morgan fingerprint density at radius 1 is 1.24 bits per heavy atom. The summed E-state index contributed by atoms with van der Waals surface area (Å²) >= 11 is 5.75. The number of carbonyl (C=O) groups is 1. The van der Waals surface area contributed by atoms with E-state index in [9.17, 15) is 9.90 Å². The van der Waals surface area contributed by atoms with E-state index in [0.29, 0.717) is 6.42 Å². The normalized spacial score (nSPS) is 13.5. The summed E-state index contributed by atoms with van der Waals surface area (Å²) in [5, 5.41) is 13.2. The number of amides is 1. The van der Waals surface area contributed by atoms with Gasteiger partial charge in [0, 0.05) is 6.42 Å². The molecular formula is C16H17ClN2O2. The fourth-order valence-corrected chi connectivity index (χ4v) is 2.11. The summed E-state index contributed by atoms with van der Waals surface area (Å²) in [5.41, 5.74) is 1.26. The van der Waals surface area contributed by atoms with Crippen molar-refractivity contribution in [3.05, 3.63) is 64.9 Å². The van der Waals surface area contributed by atoms with Crippen LogP contribution in [0, 0.1) is 0 Å². The molecular weight excluding hydrogens is 288 g/mol. The number of pyridine rings is 1. The van der Waals surface area contributed by atoms with Crippen molar-refractivity contribution in [2.24, 2.45) is 0 Å². The summed E-state index contributed by atoms with van der Waals surface area (Å²) in [6, 6.07) is 14.1. The minimum atomic E-state index is -0.671. The van der Waals surface area contributed by atoms with Crippen LogP contribution in [-0.4, -0.2) is 28.1 Å². The number of rotatable bonds is 5. The van der Waals surface area contributed by atoms with Gasteiger partial charge >= 0.3 is 0 Å². The fourth-order valence-electron chi connectivity index (χ4n) is 1.94. The van der Waals surface area contributed by atoms with Gasteiger partial charge in [0.15, 0.2) is 0 Å². The molecule has 1 heterocycles. The Morgan fingerprint density at radius 2 is 1.95 bits per heavy atom. The van der Waals surface area contributed by atoms with Crippen molar-refractivity contribution in [3.8, 4) is 0 Å². The molecule has 0 bridgehead atoms. The molecule has 5 heteroatoms. The standard InChI is InChI=1S/C16H17ClN2O2/c1-11(14(20)10-12-6-3-2-4-7-12)18-16(21)13-8-5-9-15(17)19-13/h2-9,11,14,20H,10H2,1H3,(H,18,21). The van der Waals surface area contributed by atoms with E-state index < -0.39 is 12.1 Å². The molecule has 2 aromatic rings. The predicted octanol–water partition coefficient (Wildman–Crippen LogP) is 2.46. The van der Waals surface area contributed by atoms with Crippen molar-refractivity contribution in [3.63, 3.8) is 0 Å². The van der Waals surface area contributed by atoms with Crippen LogP contribution in [0.15, 0.2) is 48.5 Å². The number of hydrogen-bond acceptors (Lipinski definition) is 3. The molecule has 2 unspecified atom stereocenters. The second-order valence-corrected chi connectivity index (χ2v) is 5.25. The maximum atomic E-state index is 12.0. The lowest BCUT2D eigenvalue weighted by Crippen LogP contribution is -2.42. The average molecular weight is 305 g/mol. The first kappa shape index (κ1) is 15.5. The van der Waals surface area contributed by atoms with Gasteiger partial charge in [-0.05, 0) is 24.6 Å². The molecule has 0 aliphatic carbocycles. The van der Waals surface area contributed by atoms with Crippen LogP contribution in [0.5, 0.6) is 0 Å². The van der Waals surface area contributed by atoms with E-state index in [1.807, 2.05) is 30.3 Å². The third-order valence-electron chi connectivity index (χ3n) is 3.17. The summed E-state index contributed by atoms with van der Waals surface area (Å²) < 4.78 is 0. The third kappa shape index (κ3) is 4.55. The van der Waals surface area contributed by atoms with Crippen LogP contribution in [-0.2, 0) is 6.42 Å². The Kier molecular flexibility index (Phi) is 5.31. The van der Waals surface area contributed by atoms with E-state index in [2.05, 4.69) is 10.3 Å². The van der Waals surface area contributed by atoms with Crippen LogP contribution >= 0.6 is 11.6 Å². The highest BCUT2D eigenvalue weighted by Gasteiger charge is 2.18. The van der Waals surface area contributed by atoms with Gasteiger partial charge in [-0.3, -0.25) is 4.79 Å². The molecule has 21 heavy (non-hydrogen) atoms. The molecule has 1 aromatic heterocycles. The molecule has 0 saturated heterocycles. The van der Waals surface area contributed by atoms with E-state index in [1.165, 1.54) is 0 Å². The summed E-state index contributed by atoms with van der Waals surface area (Å²) in [7, 11) is 0. The molecule has 110 valence electrons. The first-order valence-corrected chi connectivity index (χ1v) is 7.09. The van der Waals surface area contributed by atoms with Crippen molar-refractivity contribution in [1.82, 2.24) is 10.3 Å². The van der Waals surface area contributed by atoms with Gasteiger partial charge in [0.2, 0.25) is 0 Å². The fraction of sp³-hybridized carbons (Fsp3) is 0.250. The Balaban J connectivity index is 1.94. The molecule has 0 saturated carbocycles. The van der Waals surface area contributed by atoms with Crippen LogP contribution in [0.1, 0.15) is 23.0 Å². The Bertz CT molecular complexity index is 604. The molecule has 0 aliphatic rings. The average Bonchev–Trinajstić information content (AvgIpc) is 2.48. The molecule has 0 fully saturated rings. The smallest absolute Gasteiger partial charge is 0.270 e. The molecule has 1 amide bonds. The van der Waals surface area contributed by atoms with Crippen molar-refractivity contribution in [2.75, 3.05) is 0 Å². The molecule has 1 aromatic carbocycles. The summed E-state index contributed by atoms with van der Waals surface area (Å²) in [5.74, 6) is -0.350. The van der Waals surface area contributed by atoms with Gasteiger partial charge in [-0.25, -0.2) is 4.98 Å². The van der Waals surface area contributed by atoms with Crippen molar-refractivity contribution in [1.29, 1.82) is 0 Å². The molecule has 2 atom stereocenters. The van der Waals surface area contributed by atoms with E-state index in [1.54, 1.807) is 25.1 Å². The second-order valence-electron chi connectivity index (χ2n) is 4.86. The molecule has 0 spiro atoms. The van der Waals surface area contributed by atoms with E-state index in [0.717, 1.165) is 5.56 Å². The minimum absolute atomic E-state index is 0.237. The number of nitrogens with zero attached hydrogens (tertiary/aromatic N) is 1. The Hall–Kier alpha value is -1.91. The molecule has 2 rings (SSSR count). The number of nitrogens with one attached hydrogen (secondary N) is 1. The zero-order valence-corrected chi connectivity index (χ0v) is 12.4. The van der Waals surface area contributed by atoms with Gasteiger partial charge < -0.3 is 10.4 Å². The quantitative estimate of drug-likeness (QED) is 0.834. The van der Waals surface area contributed by atoms with Gasteiger partial charge in [-0.15, -0.1) is 0 Å². The number of aromatic nitrogens is 1. The van der Waals surface area contributed by atoms with E-state index in [4.69, 9.17) is 11.6 Å². The number of aliphatic hydroxyl groups excluding tert-OH is 1. The van der Waals surface area contributed by atoms with Crippen LogP contribution in [0.25, 0.3) is 0 Å². The first-order chi connectivity index (χ1) is 10.1. The van der Waals surface area contributed by atoms with Crippen LogP contribution in [0.4, 0.5) is 0 Å². The molecule has 2 N–H and O–H groups in total. The predicted molar refractivity (Wildman–Crippen MR) is 82.3 cm³/mol. The van der Waals surface area contributed by atoms with Gasteiger partial charge in [-0.2, -0.15) is 0 Å². The van der Waals surface area contributed by atoms with E-state index in [-0.39, 0.29) is 16.8 Å². The second kappa shape index (κ2) is 7.20. The highest BCUT2D eigenvalue weighted by molar-refractivity contribution is 6.29. The zero-order chi connectivity index (χ0) is 15.2. The lowest BCUT2D eigenvalue weighted by molar-refractivity contribution is 0.0847. The Morgan fingerprint density at radius 3 is 2.62 bits per heavy atom. The highest BCUT2D eigenvalue weighted by Crippen LogP contribution is 2.08. The van der Waals surface area contributed by atoms with Gasteiger partial charge in [0.25, 0.3) is 5.91 Å². The number of hydrogen-bond donors (Lipinski definition) is 2. The van der Waals surface area contributed by atoms with Crippen molar-refractivity contribution < 1.29 is 9.90 Å². The van der Waals surface area contributed by atoms with Gasteiger partial charge in [-0.1, -0.05) is 48.0 Å².